The number of rotatable bonds is 4. The largest absolute Gasteiger partial charge is 0.324 e. The Labute approximate surface area is 108 Å². The molecule has 96 valence electrons. The normalized spacial score (nSPS) is 9.89. The summed E-state index contributed by atoms with van der Waals surface area (Å²) in [6, 6.07) is 6.23. The molecule has 19 heavy (non-hydrogen) atoms. The summed E-state index contributed by atoms with van der Waals surface area (Å²) in [4.78, 5) is 14.1. The molecule has 2 rings (SSSR count). The standard InChI is InChI=1S/C11H10N6O2/c12-6-11-14-3-4-16(11)7-8-5-9(17(18)19)1-2-10(8)15-13/h1-5,15H,7,13H2. The molecule has 3 N–H and O–H groups in total. The van der Waals surface area contributed by atoms with Crippen LogP contribution in [0, 0.1) is 21.4 Å². The van der Waals surface area contributed by atoms with Gasteiger partial charge >= 0.3 is 0 Å². The molecule has 0 fully saturated rings. The molecule has 0 aliphatic heterocycles. The summed E-state index contributed by atoms with van der Waals surface area (Å²) < 4.78 is 1.58. The Balaban J connectivity index is 2.41. The van der Waals surface area contributed by atoms with Crippen LogP contribution in [0.2, 0.25) is 0 Å². The van der Waals surface area contributed by atoms with Gasteiger partial charge in [0.1, 0.15) is 6.07 Å². The molecular formula is C11H10N6O2. The van der Waals surface area contributed by atoms with E-state index < -0.39 is 4.92 Å². The van der Waals surface area contributed by atoms with Gasteiger partial charge in [-0.05, 0) is 6.07 Å². The minimum absolute atomic E-state index is 0.0346. The molecule has 0 aliphatic carbocycles. The number of hydrazine groups is 1. The number of nitriles is 1. The SMILES string of the molecule is N#Cc1nccn1Cc1cc([N+](=O)[O-])ccc1NN. The summed E-state index contributed by atoms with van der Waals surface area (Å²) in [7, 11) is 0. The molecule has 0 unspecified atom stereocenters. The first-order chi connectivity index (χ1) is 9.15. The molecular weight excluding hydrogens is 248 g/mol. The van der Waals surface area contributed by atoms with E-state index in [1.165, 1.54) is 24.4 Å². The third kappa shape index (κ3) is 2.51. The molecule has 1 heterocycles. The highest BCUT2D eigenvalue weighted by molar-refractivity contribution is 5.55. The first kappa shape index (κ1) is 12.5. The number of nitrogen functional groups attached to an aromatic ring is 1. The summed E-state index contributed by atoms with van der Waals surface area (Å²) in [5.74, 6) is 5.60. The smallest absolute Gasteiger partial charge is 0.269 e. The fourth-order valence-corrected chi connectivity index (χ4v) is 1.70. The number of non-ortho nitro benzene ring substituents is 1. The fraction of sp³-hybridized carbons (Fsp3) is 0.0909. The lowest BCUT2D eigenvalue weighted by atomic mass is 10.1. The van der Waals surface area contributed by atoms with E-state index in [9.17, 15) is 10.1 Å². The number of nitrogens with one attached hydrogen (secondary N) is 1. The van der Waals surface area contributed by atoms with Gasteiger partial charge in [-0.25, -0.2) is 4.98 Å². The van der Waals surface area contributed by atoms with E-state index in [2.05, 4.69) is 10.4 Å². The number of nitrogens with two attached hydrogens (primary N) is 1. The number of nitro groups is 1. The molecule has 0 saturated heterocycles. The number of hydrogen-bond donors (Lipinski definition) is 2. The van der Waals surface area contributed by atoms with Crippen LogP contribution < -0.4 is 11.3 Å². The topological polar surface area (TPSA) is 123 Å². The van der Waals surface area contributed by atoms with Gasteiger partial charge in [-0.15, -0.1) is 0 Å². The zero-order chi connectivity index (χ0) is 13.8. The maximum absolute atomic E-state index is 10.8. The number of imidazole rings is 1. The van der Waals surface area contributed by atoms with E-state index in [1.807, 2.05) is 6.07 Å². The van der Waals surface area contributed by atoms with Crippen LogP contribution in [0.4, 0.5) is 11.4 Å². The van der Waals surface area contributed by atoms with Crippen molar-refractivity contribution in [3.63, 3.8) is 0 Å². The molecule has 8 heteroatoms. The van der Waals surface area contributed by atoms with Crippen molar-refractivity contribution in [3.8, 4) is 6.07 Å². The number of benzene rings is 1. The minimum atomic E-state index is -0.483. The average Bonchev–Trinajstić information content (AvgIpc) is 2.85. The lowest BCUT2D eigenvalue weighted by molar-refractivity contribution is -0.384. The van der Waals surface area contributed by atoms with Crippen molar-refractivity contribution in [3.05, 3.63) is 52.1 Å². The minimum Gasteiger partial charge on any atom is -0.324 e. The van der Waals surface area contributed by atoms with Crippen LogP contribution in [-0.2, 0) is 6.54 Å². The molecule has 0 spiro atoms. The van der Waals surface area contributed by atoms with E-state index >= 15 is 0 Å². The van der Waals surface area contributed by atoms with Gasteiger partial charge in [0.05, 0.1) is 17.2 Å². The first-order valence-electron chi connectivity index (χ1n) is 5.31. The van der Waals surface area contributed by atoms with Crippen LogP contribution in [0.15, 0.2) is 30.6 Å². The van der Waals surface area contributed by atoms with Crippen LogP contribution in [0.5, 0.6) is 0 Å². The van der Waals surface area contributed by atoms with Crippen LogP contribution in [0.3, 0.4) is 0 Å². The summed E-state index contributed by atoms with van der Waals surface area (Å²) in [5, 5.41) is 19.6. The highest BCUT2D eigenvalue weighted by Gasteiger charge is 2.12. The van der Waals surface area contributed by atoms with E-state index in [1.54, 1.807) is 10.8 Å². The second kappa shape index (κ2) is 5.16. The number of nitro benzene ring substituents is 1. The van der Waals surface area contributed by atoms with E-state index in [0.29, 0.717) is 11.3 Å². The van der Waals surface area contributed by atoms with Crippen molar-refractivity contribution >= 4 is 11.4 Å². The third-order valence-corrected chi connectivity index (χ3v) is 2.61. The highest BCUT2D eigenvalue weighted by Crippen LogP contribution is 2.22. The molecule has 0 saturated carbocycles. The van der Waals surface area contributed by atoms with Crippen LogP contribution in [-0.4, -0.2) is 14.5 Å². The second-order valence-corrected chi connectivity index (χ2v) is 3.73. The van der Waals surface area contributed by atoms with Gasteiger partial charge in [-0.3, -0.25) is 16.0 Å². The van der Waals surface area contributed by atoms with Gasteiger partial charge < -0.3 is 9.99 Å². The van der Waals surface area contributed by atoms with E-state index in [-0.39, 0.29) is 18.1 Å². The van der Waals surface area contributed by atoms with Crippen LogP contribution in [0.25, 0.3) is 0 Å². The van der Waals surface area contributed by atoms with Crippen molar-refractivity contribution in [2.45, 2.75) is 6.54 Å². The van der Waals surface area contributed by atoms with Crippen LogP contribution >= 0.6 is 0 Å². The number of anilines is 1. The number of hydrogen-bond acceptors (Lipinski definition) is 6. The summed E-state index contributed by atoms with van der Waals surface area (Å²) >= 11 is 0. The zero-order valence-electron chi connectivity index (χ0n) is 9.78. The van der Waals surface area contributed by atoms with Crippen molar-refractivity contribution < 1.29 is 4.92 Å². The Morgan fingerprint density at radius 3 is 3.00 bits per heavy atom. The molecule has 8 nitrogen and oxygen atoms in total. The van der Waals surface area contributed by atoms with Gasteiger partial charge in [0, 0.05) is 30.1 Å². The molecule has 2 aromatic rings. The Kier molecular flexibility index (Phi) is 3.40. The summed E-state index contributed by atoms with van der Waals surface area (Å²) in [6.07, 6.45) is 3.11. The first-order valence-corrected chi connectivity index (χ1v) is 5.31. The monoisotopic (exact) mass is 258 g/mol. The quantitative estimate of drug-likeness (QED) is 0.479. The Hall–Kier alpha value is -2.92. The zero-order valence-corrected chi connectivity index (χ0v) is 9.78. The summed E-state index contributed by atoms with van der Waals surface area (Å²) in [5.41, 5.74) is 3.60. The van der Waals surface area contributed by atoms with Crippen molar-refractivity contribution in [2.75, 3.05) is 5.43 Å². The van der Waals surface area contributed by atoms with Gasteiger partial charge in [-0.2, -0.15) is 5.26 Å². The predicted octanol–water partition coefficient (Wildman–Crippen LogP) is 0.997. The molecule has 0 amide bonds. The lowest BCUT2D eigenvalue weighted by Gasteiger charge is -2.09. The Bertz CT molecular complexity index is 657. The van der Waals surface area contributed by atoms with E-state index in [4.69, 9.17) is 11.1 Å². The maximum Gasteiger partial charge on any atom is 0.269 e. The fourth-order valence-electron chi connectivity index (χ4n) is 1.70. The summed E-state index contributed by atoms with van der Waals surface area (Å²) in [6.45, 7) is 0.268. The molecule has 0 aliphatic rings. The van der Waals surface area contributed by atoms with Crippen molar-refractivity contribution in [1.82, 2.24) is 9.55 Å². The molecule has 0 radical (unpaired) electrons. The lowest BCUT2D eigenvalue weighted by Crippen LogP contribution is -2.12. The third-order valence-electron chi connectivity index (χ3n) is 2.61. The van der Waals surface area contributed by atoms with Gasteiger partial charge in [-0.1, -0.05) is 0 Å². The molecule has 1 aromatic heterocycles. The molecule has 0 bridgehead atoms. The Morgan fingerprint density at radius 2 is 2.37 bits per heavy atom. The maximum atomic E-state index is 10.8. The van der Waals surface area contributed by atoms with Crippen LogP contribution in [0.1, 0.15) is 11.4 Å². The predicted molar refractivity (Wildman–Crippen MR) is 67.0 cm³/mol. The Morgan fingerprint density at radius 1 is 1.58 bits per heavy atom. The second-order valence-electron chi connectivity index (χ2n) is 3.73. The van der Waals surface area contributed by atoms with Crippen molar-refractivity contribution in [2.24, 2.45) is 5.84 Å². The van der Waals surface area contributed by atoms with Gasteiger partial charge in [0.25, 0.3) is 5.69 Å². The molecule has 1 aromatic carbocycles. The molecule has 0 atom stereocenters. The highest BCUT2D eigenvalue weighted by atomic mass is 16.6. The van der Waals surface area contributed by atoms with E-state index in [0.717, 1.165) is 0 Å². The number of aromatic nitrogens is 2. The van der Waals surface area contributed by atoms with Gasteiger partial charge in [0.2, 0.25) is 5.82 Å². The average molecular weight is 258 g/mol. The van der Waals surface area contributed by atoms with Crippen molar-refractivity contribution in [1.29, 1.82) is 5.26 Å². The van der Waals surface area contributed by atoms with Gasteiger partial charge in [0.15, 0.2) is 0 Å². The number of nitrogens with zero attached hydrogens (tertiary/aromatic N) is 4.